The Labute approximate surface area is 210 Å². The molecule has 2 aliphatic heterocycles. The predicted molar refractivity (Wildman–Crippen MR) is 124 cm³/mol. The third-order valence-electron chi connectivity index (χ3n) is 7.27. The minimum atomic E-state index is -1.74. The second-order valence-corrected chi connectivity index (χ2v) is 9.35. The Hall–Kier alpha value is -4.12. The van der Waals surface area contributed by atoms with Gasteiger partial charge in [0.1, 0.15) is 18.0 Å². The van der Waals surface area contributed by atoms with Crippen molar-refractivity contribution in [3.8, 4) is 22.5 Å². The number of carbonyl (C=O) groups excluding carboxylic acids is 1. The van der Waals surface area contributed by atoms with Gasteiger partial charge in [0.25, 0.3) is 5.56 Å². The number of aliphatic hydroxyl groups is 1. The van der Waals surface area contributed by atoms with Crippen molar-refractivity contribution in [1.29, 1.82) is 0 Å². The molecule has 6 nitrogen and oxygen atoms in total. The Balaban J connectivity index is 1.73. The van der Waals surface area contributed by atoms with Gasteiger partial charge in [-0.3, -0.25) is 9.59 Å². The van der Waals surface area contributed by atoms with E-state index in [1.807, 2.05) is 0 Å². The van der Waals surface area contributed by atoms with E-state index in [0.717, 1.165) is 12.1 Å². The number of rotatable bonds is 2. The Bertz CT molecular complexity index is 1760. The molecule has 0 unspecified atom stereocenters. The predicted octanol–water partition coefficient (Wildman–Crippen LogP) is 4.83. The normalized spacial score (nSPS) is 18.1. The maximum atomic E-state index is 15.1. The highest BCUT2D eigenvalue weighted by atomic mass is 19.2. The lowest BCUT2D eigenvalue weighted by Crippen LogP contribution is -2.32. The fourth-order valence-electron chi connectivity index (χ4n) is 5.33. The first-order valence-corrected chi connectivity index (χ1v) is 11.6. The van der Waals surface area contributed by atoms with Gasteiger partial charge in [-0.1, -0.05) is 6.92 Å². The zero-order valence-corrected chi connectivity index (χ0v) is 19.7. The van der Waals surface area contributed by atoms with E-state index in [4.69, 9.17) is 4.74 Å². The van der Waals surface area contributed by atoms with Crippen LogP contribution < -0.4 is 5.56 Å². The van der Waals surface area contributed by atoms with Crippen molar-refractivity contribution in [2.75, 3.05) is 0 Å². The number of carbonyl (C=O) groups is 1. The van der Waals surface area contributed by atoms with Crippen LogP contribution >= 0.6 is 0 Å². The Morgan fingerprint density at radius 2 is 1.71 bits per heavy atom. The fraction of sp³-hybridized carbons (Fsp3) is 0.222. The molecule has 6 rings (SSSR count). The molecule has 0 aliphatic carbocycles. The van der Waals surface area contributed by atoms with E-state index in [1.54, 1.807) is 6.92 Å². The highest BCUT2D eigenvalue weighted by Crippen LogP contribution is 2.45. The summed E-state index contributed by atoms with van der Waals surface area (Å²) < 4.78 is 79.2. The van der Waals surface area contributed by atoms with E-state index >= 15 is 8.78 Å². The number of esters is 1. The number of benzene rings is 2. The van der Waals surface area contributed by atoms with Gasteiger partial charge in [-0.25, -0.2) is 26.9 Å². The molecule has 1 atom stereocenters. The molecule has 4 aromatic rings. The van der Waals surface area contributed by atoms with E-state index in [9.17, 15) is 27.9 Å². The molecule has 0 amide bonds. The van der Waals surface area contributed by atoms with Crippen molar-refractivity contribution in [3.63, 3.8) is 0 Å². The topological polar surface area (TPSA) is 81.4 Å². The van der Waals surface area contributed by atoms with Gasteiger partial charge >= 0.3 is 5.97 Å². The van der Waals surface area contributed by atoms with E-state index in [1.165, 1.54) is 16.7 Å². The van der Waals surface area contributed by atoms with Crippen molar-refractivity contribution in [3.05, 3.63) is 86.5 Å². The summed E-state index contributed by atoms with van der Waals surface area (Å²) in [6.45, 7) is 0.914. The van der Waals surface area contributed by atoms with E-state index in [2.05, 4.69) is 4.98 Å². The molecule has 1 N–H and O–H groups in total. The lowest BCUT2D eigenvalue weighted by atomic mass is 9.85. The van der Waals surface area contributed by atoms with Gasteiger partial charge in [0, 0.05) is 28.6 Å². The highest BCUT2D eigenvalue weighted by molar-refractivity contribution is 6.00. The van der Waals surface area contributed by atoms with Gasteiger partial charge in [0.2, 0.25) is 0 Å². The van der Waals surface area contributed by atoms with Gasteiger partial charge < -0.3 is 14.4 Å². The number of cyclic esters (lactones) is 1. The average Bonchev–Trinajstić information content (AvgIpc) is 3.18. The van der Waals surface area contributed by atoms with Crippen LogP contribution in [0.4, 0.5) is 22.0 Å². The standard InChI is InChI=1S/C27H17F5N2O4/c1-2-27(37)8-20(35)38-10-14-15(27)6-19-25-13(9-34(19)26(14)36)21(12-4-3-11(28)5-18(12)33-25)22-23(31)16(29)7-17(30)24(22)32/h3-7,37H,2,8-10H2,1H3/t27-/m1/s1. The van der Waals surface area contributed by atoms with Crippen LogP contribution in [0.2, 0.25) is 0 Å². The molecule has 194 valence electrons. The maximum Gasteiger partial charge on any atom is 0.309 e. The smallest absolute Gasteiger partial charge is 0.309 e. The fourth-order valence-corrected chi connectivity index (χ4v) is 5.33. The Morgan fingerprint density at radius 3 is 2.39 bits per heavy atom. The van der Waals surface area contributed by atoms with Crippen LogP contribution in [0.3, 0.4) is 0 Å². The number of aromatic nitrogens is 2. The lowest BCUT2D eigenvalue weighted by Gasteiger charge is -2.26. The van der Waals surface area contributed by atoms with E-state index < -0.39 is 64.8 Å². The van der Waals surface area contributed by atoms with Crippen LogP contribution in [-0.2, 0) is 28.3 Å². The van der Waals surface area contributed by atoms with Gasteiger partial charge in [-0.15, -0.1) is 0 Å². The largest absolute Gasteiger partial charge is 0.460 e. The van der Waals surface area contributed by atoms with Gasteiger partial charge in [-0.2, -0.15) is 0 Å². The molecule has 2 aromatic carbocycles. The summed E-state index contributed by atoms with van der Waals surface area (Å²) in [5, 5.41) is 11.3. The van der Waals surface area contributed by atoms with Crippen LogP contribution in [0, 0.1) is 29.1 Å². The van der Waals surface area contributed by atoms with Gasteiger partial charge in [0.15, 0.2) is 23.3 Å². The van der Waals surface area contributed by atoms with Crippen molar-refractivity contribution < 1.29 is 36.6 Å². The number of pyridine rings is 2. The molecule has 0 saturated carbocycles. The molecule has 2 aromatic heterocycles. The maximum absolute atomic E-state index is 15.1. The molecule has 2 aliphatic rings. The number of hydrogen-bond acceptors (Lipinski definition) is 5. The summed E-state index contributed by atoms with van der Waals surface area (Å²) in [7, 11) is 0. The van der Waals surface area contributed by atoms with Crippen LogP contribution in [-0.4, -0.2) is 20.6 Å². The summed E-state index contributed by atoms with van der Waals surface area (Å²) >= 11 is 0. The quantitative estimate of drug-likeness (QED) is 0.202. The number of hydrogen-bond donors (Lipinski definition) is 1. The first-order valence-electron chi connectivity index (χ1n) is 11.6. The van der Waals surface area contributed by atoms with Crippen LogP contribution in [0.25, 0.3) is 33.4 Å². The summed E-state index contributed by atoms with van der Waals surface area (Å²) in [6.07, 6.45) is -0.349. The average molecular weight is 528 g/mol. The number of fused-ring (bicyclic) bond motifs is 5. The number of halogens is 5. The third-order valence-corrected chi connectivity index (χ3v) is 7.27. The molecule has 0 radical (unpaired) electrons. The Kier molecular flexibility index (Phi) is 5.22. The summed E-state index contributed by atoms with van der Waals surface area (Å²) in [5.74, 6) is -8.00. The summed E-state index contributed by atoms with van der Waals surface area (Å²) in [6, 6.07) is 4.71. The van der Waals surface area contributed by atoms with Crippen molar-refractivity contribution >= 4 is 16.9 Å². The highest BCUT2D eigenvalue weighted by Gasteiger charge is 2.40. The minimum Gasteiger partial charge on any atom is -0.460 e. The van der Waals surface area contributed by atoms with Gasteiger partial charge in [-0.05, 0) is 30.2 Å². The second kappa shape index (κ2) is 8.19. The van der Waals surface area contributed by atoms with Crippen molar-refractivity contribution in [2.24, 2.45) is 0 Å². The molecule has 0 saturated heterocycles. The monoisotopic (exact) mass is 528 g/mol. The van der Waals surface area contributed by atoms with Crippen molar-refractivity contribution in [2.45, 2.75) is 38.5 Å². The number of ether oxygens (including phenoxy) is 1. The SMILES string of the molecule is CC[C@@]1(O)CC(=O)OCc2c1cc1n(c2=O)Cc2c-1nc1cc(F)ccc1c2-c1c(F)c(F)cc(F)c1F. The number of nitrogens with zero attached hydrogens (tertiary/aromatic N) is 2. The molecule has 11 heteroatoms. The molecular formula is C27H17F5N2O4. The summed E-state index contributed by atoms with van der Waals surface area (Å²) in [5.41, 5.74) is -3.42. The zero-order chi connectivity index (χ0) is 27.1. The van der Waals surface area contributed by atoms with E-state index in [-0.39, 0.29) is 63.6 Å². The van der Waals surface area contributed by atoms with Crippen LogP contribution in [0.1, 0.15) is 36.5 Å². The summed E-state index contributed by atoms with van der Waals surface area (Å²) in [4.78, 5) is 30.1. The first-order chi connectivity index (χ1) is 18.0. The van der Waals surface area contributed by atoms with Crippen molar-refractivity contribution in [1.82, 2.24) is 9.55 Å². The second-order valence-electron chi connectivity index (χ2n) is 9.35. The van der Waals surface area contributed by atoms with E-state index in [0.29, 0.717) is 0 Å². The van der Waals surface area contributed by atoms with Crippen LogP contribution in [0.5, 0.6) is 0 Å². The molecule has 0 bridgehead atoms. The lowest BCUT2D eigenvalue weighted by molar-refractivity contribution is -0.149. The zero-order valence-electron chi connectivity index (χ0n) is 19.7. The third kappa shape index (κ3) is 3.31. The molecule has 0 spiro atoms. The van der Waals surface area contributed by atoms with Gasteiger partial charge in [0.05, 0.1) is 41.0 Å². The molecule has 38 heavy (non-hydrogen) atoms. The Morgan fingerprint density at radius 1 is 1.00 bits per heavy atom. The minimum absolute atomic E-state index is 0.00867. The molecule has 0 fully saturated rings. The molecule has 4 heterocycles. The molecular weight excluding hydrogens is 511 g/mol. The van der Waals surface area contributed by atoms with Crippen LogP contribution in [0.15, 0.2) is 35.1 Å². The first kappa shape index (κ1) is 24.2.